The van der Waals surface area contributed by atoms with Crippen molar-refractivity contribution in [2.75, 3.05) is 19.7 Å². The molecule has 3 nitrogen and oxygen atoms in total. The van der Waals surface area contributed by atoms with Gasteiger partial charge < -0.3 is 10.0 Å². The molecule has 3 heteroatoms. The molecule has 0 heterocycles. The molecule has 0 atom stereocenters. The van der Waals surface area contributed by atoms with Crippen LogP contribution in [-0.2, 0) is 4.79 Å². The van der Waals surface area contributed by atoms with Crippen LogP contribution in [0.1, 0.15) is 13.3 Å². The molecule has 0 aromatic rings. The Morgan fingerprint density at radius 3 is 2.64 bits per heavy atom. The minimum absolute atomic E-state index is 0.0343. The molecule has 0 bridgehead atoms. The fraction of sp³-hybridized carbons (Fsp3) is 0.625. The Morgan fingerprint density at radius 1 is 1.64 bits per heavy atom. The van der Waals surface area contributed by atoms with Gasteiger partial charge in [0.1, 0.15) is 0 Å². The van der Waals surface area contributed by atoms with Gasteiger partial charge in [-0.3, -0.25) is 4.79 Å². The van der Waals surface area contributed by atoms with Gasteiger partial charge in [-0.1, -0.05) is 6.92 Å². The van der Waals surface area contributed by atoms with Gasteiger partial charge in [-0.05, 0) is 12.3 Å². The maximum Gasteiger partial charge on any atom is 0.298 e. The van der Waals surface area contributed by atoms with Crippen LogP contribution in [0.25, 0.3) is 0 Å². The van der Waals surface area contributed by atoms with E-state index in [0.717, 1.165) is 6.42 Å². The molecule has 1 N–H and O–H groups in total. The number of amides is 1. The zero-order valence-corrected chi connectivity index (χ0v) is 6.71. The molecule has 0 saturated heterocycles. The lowest BCUT2D eigenvalue weighted by Gasteiger charge is -2.17. The number of nitrogens with zero attached hydrogens (tertiary/aromatic N) is 1. The van der Waals surface area contributed by atoms with Crippen molar-refractivity contribution in [1.29, 1.82) is 0 Å². The molecular formula is C8H13NO2. The Kier molecular flexibility index (Phi) is 5.22. The molecule has 0 aliphatic heterocycles. The second kappa shape index (κ2) is 5.75. The standard InChI is InChI=1S/C8H13NO2/c1-3-5-9(6-7-10)8(11)4-2/h2,10H,3,5-7H2,1H3. The van der Waals surface area contributed by atoms with Gasteiger partial charge in [0.25, 0.3) is 5.91 Å². The third kappa shape index (κ3) is 3.64. The lowest BCUT2D eigenvalue weighted by Crippen LogP contribution is -2.33. The quantitative estimate of drug-likeness (QED) is 0.573. The molecule has 0 rings (SSSR count). The van der Waals surface area contributed by atoms with Crippen LogP contribution in [0.5, 0.6) is 0 Å². The van der Waals surface area contributed by atoms with Crippen LogP contribution in [0.2, 0.25) is 0 Å². The number of rotatable bonds is 4. The zero-order valence-electron chi connectivity index (χ0n) is 6.71. The molecule has 11 heavy (non-hydrogen) atoms. The van der Waals surface area contributed by atoms with Crippen molar-refractivity contribution in [2.24, 2.45) is 0 Å². The van der Waals surface area contributed by atoms with Crippen LogP contribution in [0.3, 0.4) is 0 Å². The van der Waals surface area contributed by atoms with E-state index in [4.69, 9.17) is 11.5 Å². The van der Waals surface area contributed by atoms with E-state index in [2.05, 4.69) is 0 Å². The maximum absolute atomic E-state index is 10.9. The van der Waals surface area contributed by atoms with Crippen LogP contribution in [0.4, 0.5) is 0 Å². The van der Waals surface area contributed by atoms with Gasteiger partial charge in [-0.15, -0.1) is 6.42 Å². The SMILES string of the molecule is C#CC(=O)N(CCC)CCO. The number of hydrogen-bond donors (Lipinski definition) is 1. The molecule has 0 aliphatic carbocycles. The van der Waals surface area contributed by atoms with E-state index in [1.54, 1.807) is 0 Å². The number of aliphatic hydroxyl groups excluding tert-OH is 1. The number of aliphatic hydroxyl groups is 1. The summed E-state index contributed by atoms with van der Waals surface area (Å²) in [6, 6.07) is 0. The van der Waals surface area contributed by atoms with E-state index < -0.39 is 0 Å². The minimum atomic E-state index is -0.346. The Hall–Kier alpha value is -1.01. The van der Waals surface area contributed by atoms with Crippen molar-refractivity contribution in [3.8, 4) is 12.3 Å². The number of hydrogen-bond acceptors (Lipinski definition) is 2. The van der Waals surface area contributed by atoms with Gasteiger partial charge in [0, 0.05) is 13.1 Å². The molecule has 0 radical (unpaired) electrons. The first-order valence-electron chi connectivity index (χ1n) is 3.62. The lowest BCUT2D eigenvalue weighted by molar-refractivity contribution is -0.125. The normalized spacial score (nSPS) is 8.82. The molecule has 0 aromatic heterocycles. The summed E-state index contributed by atoms with van der Waals surface area (Å²) in [7, 11) is 0. The second-order valence-electron chi connectivity index (χ2n) is 2.16. The highest BCUT2D eigenvalue weighted by atomic mass is 16.3. The van der Waals surface area contributed by atoms with E-state index in [9.17, 15) is 4.79 Å². The first-order chi connectivity index (χ1) is 5.26. The van der Waals surface area contributed by atoms with Crippen molar-refractivity contribution in [1.82, 2.24) is 4.90 Å². The van der Waals surface area contributed by atoms with Crippen molar-refractivity contribution in [3.63, 3.8) is 0 Å². The first-order valence-corrected chi connectivity index (χ1v) is 3.62. The van der Waals surface area contributed by atoms with Crippen LogP contribution < -0.4 is 0 Å². The highest BCUT2D eigenvalue weighted by Gasteiger charge is 2.07. The predicted octanol–water partition coefficient (Wildman–Crippen LogP) is -0.150. The van der Waals surface area contributed by atoms with Crippen LogP contribution in [0, 0.1) is 12.3 Å². The second-order valence-corrected chi connectivity index (χ2v) is 2.16. The Morgan fingerprint density at radius 2 is 2.27 bits per heavy atom. The summed E-state index contributed by atoms with van der Waals surface area (Å²) in [5.41, 5.74) is 0. The van der Waals surface area contributed by atoms with Crippen LogP contribution in [-0.4, -0.2) is 35.6 Å². The fourth-order valence-electron chi connectivity index (χ4n) is 0.797. The van der Waals surface area contributed by atoms with Crippen LogP contribution >= 0.6 is 0 Å². The molecule has 0 aliphatic rings. The molecule has 0 spiro atoms. The zero-order chi connectivity index (χ0) is 8.69. The van der Waals surface area contributed by atoms with Gasteiger partial charge in [0.15, 0.2) is 0 Å². The number of carbonyl (C=O) groups excluding carboxylic acids is 1. The summed E-state index contributed by atoms with van der Waals surface area (Å²) in [5.74, 6) is 1.66. The van der Waals surface area contributed by atoms with Gasteiger partial charge >= 0.3 is 0 Å². The summed E-state index contributed by atoms with van der Waals surface area (Å²) in [4.78, 5) is 12.3. The van der Waals surface area contributed by atoms with Gasteiger partial charge in [0.05, 0.1) is 6.61 Å². The lowest BCUT2D eigenvalue weighted by atomic mass is 10.4. The van der Waals surface area contributed by atoms with Crippen molar-refractivity contribution < 1.29 is 9.90 Å². The summed E-state index contributed by atoms with van der Waals surface area (Å²) < 4.78 is 0. The summed E-state index contributed by atoms with van der Waals surface area (Å²) in [6.07, 6.45) is 5.77. The van der Waals surface area contributed by atoms with E-state index in [1.165, 1.54) is 4.90 Å². The molecule has 0 aromatic carbocycles. The van der Waals surface area contributed by atoms with Crippen molar-refractivity contribution in [3.05, 3.63) is 0 Å². The van der Waals surface area contributed by atoms with Gasteiger partial charge in [-0.2, -0.15) is 0 Å². The Bertz CT molecular complexity index is 154. The highest BCUT2D eigenvalue weighted by Crippen LogP contribution is 1.90. The van der Waals surface area contributed by atoms with Gasteiger partial charge in [0.2, 0.25) is 0 Å². The summed E-state index contributed by atoms with van der Waals surface area (Å²) >= 11 is 0. The summed E-state index contributed by atoms with van der Waals surface area (Å²) in [6.45, 7) is 2.86. The Labute approximate surface area is 67.0 Å². The molecule has 1 amide bonds. The molecular weight excluding hydrogens is 142 g/mol. The van der Waals surface area contributed by atoms with Gasteiger partial charge in [-0.25, -0.2) is 0 Å². The monoisotopic (exact) mass is 155 g/mol. The third-order valence-electron chi connectivity index (χ3n) is 1.27. The molecule has 62 valence electrons. The minimum Gasteiger partial charge on any atom is -0.395 e. The van der Waals surface area contributed by atoms with Crippen molar-refractivity contribution in [2.45, 2.75) is 13.3 Å². The topological polar surface area (TPSA) is 40.5 Å². The summed E-state index contributed by atoms with van der Waals surface area (Å²) in [5, 5.41) is 8.55. The van der Waals surface area contributed by atoms with Crippen molar-refractivity contribution >= 4 is 5.91 Å². The highest BCUT2D eigenvalue weighted by molar-refractivity contribution is 5.92. The molecule has 0 saturated carbocycles. The number of terminal acetylenes is 1. The average molecular weight is 155 g/mol. The predicted molar refractivity (Wildman–Crippen MR) is 42.8 cm³/mol. The average Bonchev–Trinajstić information content (AvgIpc) is 2.03. The Balaban J connectivity index is 3.89. The maximum atomic E-state index is 10.9. The van der Waals surface area contributed by atoms with E-state index in [1.807, 2.05) is 12.8 Å². The van der Waals surface area contributed by atoms with E-state index >= 15 is 0 Å². The van der Waals surface area contributed by atoms with E-state index in [0.29, 0.717) is 13.1 Å². The number of carbonyl (C=O) groups is 1. The van der Waals surface area contributed by atoms with Crippen LogP contribution in [0.15, 0.2) is 0 Å². The molecule has 0 unspecified atom stereocenters. The first kappa shape index (κ1) is 9.99. The third-order valence-corrected chi connectivity index (χ3v) is 1.27. The van der Waals surface area contributed by atoms with E-state index in [-0.39, 0.29) is 12.5 Å². The smallest absolute Gasteiger partial charge is 0.298 e. The fourth-order valence-corrected chi connectivity index (χ4v) is 0.797. The largest absolute Gasteiger partial charge is 0.395 e. The molecule has 0 fully saturated rings.